The normalized spacial score (nSPS) is 15.4. The summed E-state index contributed by atoms with van der Waals surface area (Å²) in [7, 11) is 0. The lowest BCUT2D eigenvalue weighted by atomic mass is 9.92. The van der Waals surface area contributed by atoms with E-state index in [1.807, 2.05) is 32.0 Å². The van der Waals surface area contributed by atoms with Gasteiger partial charge in [-0.15, -0.1) is 0 Å². The number of piperidine rings is 1. The molecule has 28 heavy (non-hydrogen) atoms. The molecule has 2 heterocycles. The van der Waals surface area contributed by atoms with Crippen molar-refractivity contribution in [2.24, 2.45) is 0 Å². The monoisotopic (exact) mass is 389 g/mol. The summed E-state index contributed by atoms with van der Waals surface area (Å²) in [4.78, 5) is 15.9. The minimum absolute atomic E-state index is 0.152. The Labute approximate surface area is 161 Å². The Morgan fingerprint density at radius 1 is 1.21 bits per heavy atom. The lowest BCUT2D eigenvalue weighted by Gasteiger charge is -2.27. The van der Waals surface area contributed by atoms with E-state index in [1.165, 1.54) is 4.57 Å². The van der Waals surface area contributed by atoms with Crippen LogP contribution in [0.4, 0.5) is 18.9 Å². The SMILES string of the molecule is [C-]#[N+]c1c(C(F)(F)F)cc(C2CCNCC2)n(Cc2ccc(C)cc2C)c1=O. The number of nitrogens with zero attached hydrogens (tertiary/aromatic N) is 2. The van der Waals surface area contributed by atoms with Crippen LogP contribution in [0.2, 0.25) is 0 Å². The highest BCUT2D eigenvalue weighted by Crippen LogP contribution is 2.37. The Kier molecular flexibility index (Phi) is 5.61. The van der Waals surface area contributed by atoms with Crippen molar-refractivity contribution >= 4 is 5.69 Å². The number of nitrogens with one attached hydrogen (secondary N) is 1. The van der Waals surface area contributed by atoms with Crippen LogP contribution in [0.1, 0.15) is 46.7 Å². The molecule has 1 aliphatic heterocycles. The molecule has 4 nitrogen and oxygen atoms in total. The number of alkyl halides is 3. The molecule has 0 atom stereocenters. The predicted octanol–water partition coefficient (Wildman–Crippen LogP) is 4.55. The highest BCUT2D eigenvalue weighted by molar-refractivity contribution is 5.53. The molecule has 1 aromatic carbocycles. The van der Waals surface area contributed by atoms with Crippen LogP contribution < -0.4 is 10.9 Å². The van der Waals surface area contributed by atoms with Crippen LogP contribution in [-0.4, -0.2) is 17.7 Å². The molecule has 1 fully saturated rings. The van der Waals surface area contributed by atoms with Gasteiger partial charge in [-0.25, -0.2) is 4.85 Å². The largest absolute Gasteiger partial charge is 0.407 e. The van der Waals surface area contributed by atoms with Crippen molar-refractivity contribution in [1.29, 1.82) is 0 Å². The van der Waals surface area contributed by atoms with E-state index in [9.17, 15) is 18.0 Å². The van der Waals surface area contributed by atoms with Crippen LogP contribution in [0, 0.1) is 20.4 Å². The molecule has 1 aromatic heterocycles. The van der Waals surface area contributed by atoms with Gasteiger partial charge < -0.3 is 9.88 Å². The second kappa shape index (κ2) is 7.80. The van der Waals surface area contributed by atoms with Crippen LogP contribution in [-0.2, 0) is 12.7 Å². The third-order valence-electron chi connectivity index (χ3n) is 5.31. The van der Waals surface area contributed by atoms with Crippen molar-refractivity contribution in [3.63, 3.8) is 0 Å². The maximum Gasteiger partial charge on any atom is 0.407 e. The van der Waals surface area contributed by atoms with E-state index >= 15 is 0 Å². The standard InChI is InChI=1S/C21H22F3N3O/c1-13-4-5-16(14(2)10-13)12-27-18(15-6-8-26-9-7-15)11-17(21(22,23)24)19(25-3)20(27)28/h4-5,10-11,15,26H,6-9,12H2,1-2H3. The fourth-order valence-electron chi connectivity index (χ4n) is 3.79. The van der Waals surface area contributed by atoms with E-state index in [0.29, 0.717) is 31.6 Å². The van der Waals surface area contributed by atoms with E-state index < -0.39 is 23.0 Å². The molecule has 1 N–H and O–H groups in total. The smallest absolute Gasteiger partial charge is 0.317 e. The van der Waals surface area contributed by atoms with Crippen LogP contribution >= 0.6 is 0 Å². The zero-order chi connectivity index (χ0) is 20.5. The minimum Gasteiger partial charge on any atom is -0.317 e. The third kappa shape index (κ3) is 3.97. The van der Waals surface area contributed by atoms with E-state index in [0.717, 1.165) is 22.8 Å². The Bertz CT molecular complexity index is 980. The van der Waals surface area contributed by atoms with Gasteiger partial charge in [0.05, 0.1) is 12.1 Å². The van der Waals surface area contributed by atoms with Crippen molar-refractivity contribution in [2.75, 3.05) is 13.1 Å². The quantitative estimate of drug-likeness (QED) is 0.782. The molecule has 0 amide bonds. The lowest BCUT2D eigenvalue weighted by molar-refractivity contribution is -0.137. The Hall–Kier alpha value is -2.59. The van der Waals surface area contributed by atoms with Crippen LogP contribution in [0.25, 0.3) is 4.85 Å². The van der Waals surface area contributed by atoms with Gasteiger partial charge >= 0.3 is 6.18 Å². The van der Waals surface area contributed by atoms with Gasteiger partial charge in [0.15, 0.2) is 0 Å². The van der Waals surface area contributed by atoms with Gasteiger partial charge in [0.2, 0.25) is 0 Å². The molecule has 148 valence electrons. The molecule has 0 unspecified atom stereocenters. The Balaban J connectivity index is 2.21. The highest BCUT2D eigenvalue weighted by Gasteiger charge is 2.37. The molecule has 0 bridgehead atoms. The highest BCUT2D eigenvalue weighted by atomic mass is 19.4. The maximum absolute atomic E-state index is 13.5. The first-order valence-corrected chi connectivity index (χ1v) is 9.21. The van der Waals surface area contributed by atoms with E-state index in [2.05, 4.69) is 10.2 Å². The number of aryl methyl sites for hydroxylation is 2. The summed E-state index contributed by atoms with van der Waals surface area (Å²) < 4.78 is 41.9. The zero-order valence-corrected chi connectivity index (χ0v) is 15.9. The first-order valence-electron chi connectivity index (χ1n) is 9.21. The maximum atomic E-state index is 13.5. The van der Waals surface area contributed by atoms with Crippen molar-refractivity contribution in [3.05, 3.63) is 74.0 Å². The number of benzene rings is 1. The molecule has 1 aliphatic rings. The van der Waals surface area contributed by atoms with E-state index in [-0.39, 0.29) is 12.5 Å². The van der Waals surface area contributed by atoms with Gasteiger partial charge in [-0.3, -0.25) is 4.79 Å². The molecule has 7 heteroatoms. The topological polar surface area (TPSA) is 38.4 Å². The van der Waals surface area contributed by atoms with Crippen LogP contribution in [0.3, 0.4) is 0 Å². The Morgan fingerprint density at radius 2 is 1.89 bits per heavy atom. The summed E-state index contributed by atoms with van der Waals surface area (Å²) in [6, 6.07) is 6.80. The second-order valence-electron chi connectivity index (χ2n) is 7.29. The molecule has 0 radical (unpaired) electrons. The van der Waals surface area contributed by atoms with Crippen LogP contribution in [0.15, 0.2) is 29.1 Å². The Morgan fingerprint density at radius 3 is 2.46 bits per heavy atom. The first kappa shape index (κ1) is 20.2. The average Bonchev–Trinajstić information content (AvgIpc) is 2.64. The summed E-state index contributed by atoms with van der Waals surface area (Å²) in [6.45, 7) is 12.6. The number of pyridine rings is 1. The summed E-state index contributed by atoms with van der Waals surface area (Å²) in [5.74, 6) is -0.152. The fourth-order valence-corrected chi connectivity index (χ4v) is 3.79. The number of aromatic nitrogens is 1. The van der Waals surface area contributed by atoms with Gasteiger partial charge in [-0.2, -0.15) is 13.2 Å². The average molecular weight is 389 g/mol. The summed E-state index contributed by atoms with van der Waals surface area (Å²) >= 11 is 0. The van der Waals surface area contributed by atoms with Gasteiger partial charge in [0, 0.05) is 18.2 Å². The van der Waals surface area contributed by atoms with E-state index in [1.54, 1.807) is 0 Å². The molecular formula is C21H22F3N3O. The summed E-state index contributed by atoms with van der Waals surface area (Å²) in [5, 5.41) is 3.19. The molecule has 1 saturated heterocycles. The predicted molar refractivity (Wildman–Crippen MR) is 102 cm³/mol. The molecule has 3 rings (SSSR count). The van der Waals surface area contributed by atoms with Crippen molar-refractivity contribution in [2.45, 2.75) is 45.3 Å². The van der Waals surface area contributed by atoms with Crippen molar-refractivity contribution in [3.8, 4) is 0 Å². The van der Waals surface area contributed by atoms with Gasteiger partial charge in [0.1, 0.15) is 0 Å². The van der Waals surface area contributed by atoms with Crippen LogP contribution in [0.5, 0.6) is 0 Å². The third-order valence-corrected chi connectivity index (χ3v) is 5.31. The van der Waals surface area contributed by atoms with Gasteiger partial charge in [-0.05, 0) is 57.0 Å². The number of hydrogen-bond donors (Lipinski definition) is 1. The van der Waals surface area contributed by atoms with Crippen molar-refractivity contribution in [1.82, 2.24) is 9.88 Å². The molecule has 0 aliphatic carbocycles. The molecule has 0 saturated carbocycles. The fraction of sp³-hybridized carbons (Fsp3) is 0.429. The zero-order valence-electron chi connectivity index (χ0n) is 15.9. The number of halogens is 3. The molecular weight excluding hydrogens is 367 g/mol. The second-order valence-corrected chi connectivity index (χ2v) is 7.29. The van der Waals surface area contributed by atoms with Gasteiger partial charge in [0.25, 0.3) is 11.2 Å². The van der Waals surface area contributed by atoms with E-state index in [4.69, 9.17) is 6.57 Å². The molecule has 0 spiro atoms. The summed E-state index contributed by atoms with van der Waals surface area (Å²) in [5.41, 5.74) is 0.421. The van der Waals surface area contributed by atoms with Crippen molar-refractivity contribution < 1.29 is 13.2 Å². The first-order chi connectivity index (χ1) is 13.2. The number of rotatable bonds is 3. The number of hydrogen-bond acceptors (Lipinski definition) is 2. The lowest BCUT2D eigenvalue weighted by Crippen LogP contribution is -2.33. The molecule has 2 aromatic rings. The van der Waals surface area contributed by atoms with Gasteiger partial charge in [-0.1, -0.05) is 23.8 Å². The minimum atomic E-state index is -4.74. The summed E-state index contributed by atoms with van der Waals surface area (Å²) in [6.07, 6.45) is -3.43.